The summed E-state index contributed by atoms with van der Waals surface area (Å²) in [7, 11) is 0. The minimum Gasteiger partial charge on any atom is -0.355 e. The quantitative estimate of drug-likeness (QED) is 0.677. The molecule has 0 aliphatic rings. The van der Waals surface area contributed by atoms with Gasteiger partial charge in [0.15, 0.2) is 5.82 Å². The summed E-state index contributed by atoms with van der Waals surface area (Å²) in [5, 5.41) is 11.9. The average Bonchev–Trinajstić information content (AvgIpc) is 2.54. The SMILES string of the molecule is CCNCc1ccc(N(CC)CCCN(CC)CC)nn1. The molecule has 5 heteroatoms. The number of nitrogens with zero attached hydrogens (tertiary/aromatic N) is 4. The first-order valence-electron chi connectivity index (χ1n) is 8.25. The fourth-order valence-corrected chi connectivity index (χ4v) is 2.33. The van der Waals surface area contributed by atoms with Gasteiger partial charge in [0.25, 0.3) is 0 Å². The first-order chi connectivity index (χ1) is 10.2. The summed E-state index contributed by atoms with van der Waals surface area (Å²) in [5.74, 6) is 0.984. The van der Waals surface area contributed by atoms with Crippen molar-refractivity contribution < 1.29 is 0 Å². The van der Waals surface area contributed by atoms with Crippen LogP contribution in [0.5, 0.6) is 0 Å². The number of rotatable bonds is 11. The normalized spacial score (nSPS) is 11.1. The summed E-state index contributed by atoms with van der Waals surface area (Å²) < 4.78 is 0. The van der Waals surface area contributed by atoms with Crippen molar-refractivity contribution in [2.75, 3.05) is 44.2 Å². The van der Waals surface area contributed by atoms with E-state index in [4.69, 9.17) is 0 Å². The summed E-state index contributed by atoms with van der Waals surface area (Å²) >= 11 is 0. The summed E-state index contributed by atoms with van der Waals surface area (Å²) in [6.45, 7) is 15.9. The van der Waals surface area contributed by atoms with Gasteiger partial charge in [-0.1, -0.05) is 20.8 Å². The molecule has 0 aliphatic carbocycles. The number of hydrogen-bond donors (Lipinski definition) is 1. The van der Waals surface area contributed by atoms with Gasteiger partial charge >= 0.3 is 0 Å². The van der Waals surface area contributed by atoms with Gasteiger partial charge in [-0.2, -0.15) is 5.10 Å². The molecule has 0 saturated heterocycles. The van der Waals surface area contributed by atoms with Crippen LogP contribution in [0.3, 0.4) is 0 Å². The van der Waals surface area contributed by atoms with Crippen molar-refractivity contribution in [1.82, 2.24) is 20.4 Å². The topological polar surface area (TPSA) is 44.3 Å². The fourth-order valence-electron chi connectivity index (χ4n) is 2.33. The Labute approximate surface area is 129 Å². The van der Waals surface area contributed by atoms with E-state index < -0.39 is 0 Å². The van der Waals surface area contributed by atoms with Crippen LogP contribution < -0.4 is 10.2 Å². The van der Waals surface area contributed by atoms with Crippen LogP contribution in [0, 0.1) is 0 Å². The fraction of sp³-hybridized carbons (Fsp3) is 0.750. The summed E-state index contributed by atoms with van der Waals surface area (Å²) in [5.41, 5.74) is 1.000. The summed E-state index contributed by atoms with van der Waals surface area (Å²) in [6, 6.07) is 4.15. The highest BCUT2D eigenvalue weighted by Crippen LogP contribution is 2.10. The van der Waals surface area contributed by atoms with E-state index in [1.165, 1.54) is 0 Å². The first-order valence-corrected chi connectivity index (χ1v) is 8.25. The van der Waals surface area contributed by atoms with Crippen LogP contribution in [0.25, 0.3) is 0 Å². The van der Waals surface area contributed by atoms with Crippen LogP contribution in [0.2, 0.25) is 0 Å². The molecule has 21 heavy (non-hydrogen) atoms. The standard InChI is InChI=1S/C16H31N5/c1-5-17-14-15-10-11-16(19-18-15)21(8-4)13-9-12-20(6-2)7-3/h10-11,17H,5-9,12-14H2,1-4H3. The van der Waals surface area contributed by atoms with Crippen LogP contribution in [0.15, 0.2) is 12.1 Å². The monoisotopic (exact) mass is 293 g/mol. The second kappa shape index (κ2) is 10.5. The Hall–Kier alpha value is -1.20. The van der Waals surface area contributed by atoms with Crippen molar-refractivity contribution in [3.8, 4) is 0 Å². The van der Waals surface area contributed by atoms with Gasteiger partial charge in [-0.3, -0.25) is 0 Å². The summed E-state index contributed by atoms with van der Waals surface area (Å²) in [4.78, 5) is 4.76. The predicted octanol–water partition coefficient (Wildman–Crippen LogP) is 2.14. The van der Waals surface area contributed by atoms with Gasteiger partial charge in [0.1, 0.15) is 0 Å². The molecule has 1 aromatic rings. The molecule has 0 unspecified atom stereocenters. The molecule has 0 spiro atoms. The Kier molecular flexibility index (Phi) is 8.94. The van der Waals surface area contributed by atoms with Crippen molar-refractivity contribution in [1.29, 1.82) is 0 Å². The van der Waals surface area contributed by atoms with Crippen molar-refractivity contribution in [3.63, 3.8) is 0 Å². The van der Waals surface area contributed by atoms with Crippen LogP contribution in [-0.4, -0.2) is 54.4 Å². The predicted molar refractivity (Wildman–Crippen MR) is 89.7 cm³/mol. The van der Waals surface area contributed by atoms with E-state index in [2.05, 4.69) is 65.1 Å². The van der Waals surface area contributed by atoms with Crippen LogP contribution >= 0.6 is 0 Å². The van der Waals surface area contributed by atoms with E-state index in [-0.39, 0.29) is 0 Å². The van der Waals surface area contributed by atoms with E-state index >= 15 is 0 Å². The molecule has 0 aromatic carbocycles. The van der Waals surface area contributed by atoms with Gasteiger partial charge in [-0.05, 0) is 51.7 Å². The molecular formula is C16H31N5. The minimum atomic E-state index is 0.790. The van der Waals surface area contributed by atoms with E-state index in [0.717, 1.165) is 63.7 Å². The molecular weight excluding hydrogens is 262 g/mol. The van der Waals surface area contributed by atoms with E-state index in [1.807, 2.05) is 0 Å². The molecule has 0 aliphatic heterocycles. The van der Waals surface area contributed by atoms with Gasteiger partial charge < -0.3 is 15.1 Å². The van der Waals surface area contributed by atoms with Crippen molar-refractivity contribution >= 4 is 5.82 Å². The molecule has 0 fully saturated rings. The Morgan fingerprint density at radius 3 is 2.24 bits per heavy atom. The molecule has 0 amide bonds. The Bertz CT molecular complexity index is 361. The Balaban J connectivity index is 2.47. The zero-order valence-electron chi connectivity index (χ0n) is 14.1. The third kappa shape index (κ3) is 6.40. The average molecular weight is 293 g/mol. The smallest absolute Gasteiger partial charge is 0.151 e. The molecule has 5 nitrogen and oxygen atoms in total. The summed E-state index contributed by atoms with van der Waals surface area (Å²) in [6.07, 6.45) is 1.16. The lowest BCUT2D eigenvalue weighted by Crippen LogP contribution is -2.30. The van der Waals surface area contributed by atoms with Gasteiger partial charge in [-0.15, -0.1) is 5.10 Å². The first kappa shape index (κ1) is 17.9. The van der Waals surface area contributed by atoms with Gasteiger partial charge in [0.2, 0.25) is 0 Å². The molecule has 1 heterocycles. The molecule has 1 rings (SSSR count). The van der Waals surface area contributed by atoms with Crippen molar-refractivity contribution in [2.24, 2.45) is 0 Å². The second-order valence-electron chi connectivity index (χ2n) is 5.12. The van der Waals surface area contributed by atoms with E-state index in [1.54, 1.807) is 0 Å². The third-order valence-corrected chi connectivity index (χ3v) is 3.76. The van der Waals surface area contributed by atoms with E-state index in [0.29, 0.717) is 0 Å². The highest BCUT2D eigenvalue weighted by atomic mass is 15.3. The number of anilines is 1. The molecule has 1 aromatic heterocycles. The Morgan fingerprint density at radius 1 is 0.952 bits per heavy atom. The lowest BCUT2D eigenvalue weighted by atomic mass is 10.3. The maximum absolute atomic E-state index is 4.36. The molecule has 0 saturated carbocycles. The molecule has 0 atom stereocenters. The molecule has 0 bridgehead atoms. The highest BCUT2D eigenvalue weighted by Gasteiger charge is 2.07. The second-order valence-corrected chi connectivity index (χ2v) is 5.12. The largest absolute Gasteiger partial charge is 0.355 e. The molecule has 0 radical (unpaired) electrons. The molecule has 1 N–H and O–H groups in total. The highest BCUT2D eigenvalue weighted by molar-refractivity contribution is 5.36. The van der Waals surface area contributed by atoms with Gasteiger partial charge in [0, 0.05) is 19.6 Å². The third-order valence-electron chi connectivity index (χ3n) is 3.76. The van der Waals surface area contributed by atoms with Crippen molar-refractivity contribution in [2.45, 2.75) is 40.7 Å². The van der Waals surface area contributed by atoms with Crippen LogP contribution in [0.4, 0.5) is 5.82 Å². The number of aromatic nitrogens is 2. The number of nitrogens with one attached hydrogen (secondary N) is 1. The zero-order valence-corrected chi connectivity index (χ0v) is 14.1. The number of hydrogen-bond acceptors (Lipinski definition) is 5. The van der Waals surface area contributed by atoms with E-state index in [9.17, 15) is 0 Å². The maximum atomic E-state index is 4.36. The van der Waals surface area contributed by atoms with Crippen LogP contribution in [-0.2, 0) is 6.54 Å². The maximum Gasteiger partial charge on any atom is 0.151 e. The van der Waals surface area contributed by atoms with Crippen molar-refractivity contribution in [3.05, 3.63) is 17.8 Å². The van der Waals surface area contributed by atoms with Crippen LogP contribution in [0.1, 0.15) is 39.8 Å². The minimum absolute atomic E-state index is 0.790. The zero-order chi connectivity index (χ0) is 15.5. The van der Waals surface area contributed by atoms with Gasteiger partial charge in [0.05, 0.1) is 5.69 Å². The Morgan fingerprint density at radius 2 is 1.71 bits per heavy atom. The van der Waals surface area contributed by atoms with Gasteiger partial charge in [-0.25, -0.2) is 0 Å². The lowest BCUT2D eigenvalue weighted by molar-refractivity contribution is 0.300. The molecule has 120 valence electrons. The lowest BCUT2D eigenvalue weighted by Gasteiger charge is -2.24.